The lowest BCUT2D eigenvalue weighted by Crippen LogP contribution is -2.56. The fourth-order valence-corrected chi connectivity index (χ4v) is 4.68. The highest BCUT2D eigenvalue weighted by molar-refractivity contribution is 4.65. The largest absolute Gasteiger partial charge is 0.326 e. The minimum Gasteiger partial charge on any atom is -0.326 e. The molecule has 0 spiro atoms. The van der Waals surface area contributed by atoms with Crippen LogP contribution >= 0.6 is 0 Å². The van der Waals surface area contributed by atoms with Crippen LogP contribution in [0.5, 0.6) is 0 Å². The van der Waals surface area contributed by atoms with E-state index in [-0.39, 0.29) is 0 Å². The number of quaternary nitrogens is 2. The molecule has 2 saturated heterocycles. The second-order valence-electron chi connectivity index (χ2n) is 8.77. The van der Waals surface area contributed by atoms with E-state index in [2.05, 4.69) is 41.8 Å². The zero-order valence-corrected chi connectivity index (χ0v) is 16.5. The van der Waals surface area contributed by atoms with Crippen molar-refractivity contribution in [1.29, 1.82) is 0 Å². The predicted octanol–water partition coefficient (Wildman–Crippen LogP) is 4.69. The van der Waals surface area contributed by atoms with Gasteiger partial charge in [-0.2, -0.15) is 0 Å². The maximum absolute atomic E-state index is 2.43. The van der Waals surface area contributed by atoms with E-state index in [1.54, 1.807) is 0 Å². The lowest BCUT2D eigenvalue weighted by molar-refractivity contribution is -0.939. The van der Waals surface area contributed by atoms with Crippen molar-refractivity contribution in [3.05, 3.63) is 0 Å². The van der Waals surface area contributed by atoms with Crippen LogP contribution in [0.1, 0.15) is 72.6 Å². The molecule has 2 fully saturated rings. The monoisotopic (exact) mass is 312 g/mol. The molecular formula is C20H44N2+2. The molecule has 0 aromatic rings. The molecule has 2 aliphatic rings. The van der Waals surface area contributed by atoms with Crippen LogP contribution in [-0.2, 0) is 0 Å². The van der Waals surface area contributed by atoms with Gasteiger partial charge in [0.15, 0.2) is 0 Å². The van der Waals surface area contributed by atoms with E-state index in [4.69, 9.17) is 0 Å². The van der Waals surface area contributed by atoms with E-state index in [0.29, 0.717) is 0 Å². The number of piperidine rings is 2. The second kappa shape index (κ2) is 9.27. The third kappa shape index (κ3) is 6.20. The second-order valence-corrected chi connectivity index (χ2v) is 8.77. The molecule has 0 radical (unpaired) electrons. The van der Waals surface area contributed by atoms with Gasteiger partial charge in [-0.1, -0.05) is 20.8 Å². The molecule has 0 saturated carbocycles. The maximum atomic E-state index is 2.43. The number of hydrogen-bond donors (Lipinski definition) is 0. The summed E-state index contributed by atoms with van der Waals surface area (Å²) in [5.41, 5.74) is 0. The smallest absolute Gasteiger partial charge is 0.0859 e. The Bertz CT molecular complexity index is 291. The fourth-order valence-electron chi connectivity index (χ4n) is 4.68. The Kier molecular flexibility index (Phi) is 8.42. The van der Waals surface area contributed by atoms with Gasteiger partial charge >= 0.3 is 0 Å². The summed E-state index contributed by atoms with van der Waals surface area (Å²) in [5, 5.41) is 0. The molecule has 2 nitrogen and oxygen atoms in total. The highest BCUT2D eigenvalue weighted by atomic mass is 15.4. The van der Waals surface area contributed by atoms with Crippen molar-refractivity contribution in [3.63, 3.8) is 0 Å². The Labute approximate surface area is 141 Å². The van der Waals surface area contributed by atoms with Gasteiger partial charge in [0.1, 0.15) is 0 Å². The molecule has 2 rings (SSSR count). The predicted molar refractivity (Wildman–Crippen MR) is 99.0 cm³/mol. The maximum Gasteiger partial charge on any atom is 0.0859 e. The van der Waals surface area contributed by atoms with E-state index in [1.807, 2.05) is 0 Å². The first kappa shape index (κ1) is 20.0. The quantitative estimate of drug-likeness (QED) is 0.661. The first-order valence-corrected chi connectivity index (χ1v) is 10.0. The van der Waals surface area contributed by atoms with Crippen LogP contribution in [0.4, 0.5) is 0 Å². The van der Waals surface area contributed by atoms with Crippen molar-refractivity contribution in [1.82, 2.24) is 0 Å². The van der Waals surface area contributed by atoms with Gasteiger partial charge in [-0.05, 0) is 51.9 Å². The molecule has 0 bridgehead atoms. The summed E-state index contributed by atoms with van der Waals surface area (Å²) in [6, 6.07) is 0.890. The zero-order valence-electron chi connectivity index (χ0n) is 16.5. The Hall–Kier alpha value is -0.0800. The van der Waals surface area contributed by atoms with Crippen molar-refractivity contribution < 1.29 is 8.97 Å². The Morgan fingerprint density at radius 2 is 1.41 bits per heavy atom. The van der Waals surface area contributed by atoms with E-state index in [1.165, 1.54) is 86.6 Å². The van der Waals surface area contributed by atoms with Crippen LogP contribution in [0.3, 0.4) is 0 Å². The van der Waals surface area contributed by atoms with Gasteiger partial charge in [-0.25, -0.2) is 0 Å². The number of nitrogens with zero attached hydrogens (tertiary/aromatic N) is 2. The molecule has 0 aliphatic carbocycles. The molecule has 0 aromatic carbocycles. The lowest BCUT2D eigenvalue weighted by Gasteiger charge is -2.45. The summed E-state index contributed by atoms with van der Waals surface area (Å²) < 4.78 is 2.66. The van der Waals surface area contributed by atoms with Crippen molar-refractivity contribution in [3.8, 4) is 0 Å². The van der Waals surface area contributed by atoms with Gasteiger partial charge in [0.2, 0.25) is 0 Å². The van der Waals surface area contributed by atoms with Crippen LogP contribution in [0.2, 0.25) is 0 Å². The Morgan fingerprint density at radius 1 is 0.818 bits per heavy atom. The number of likely N-dealkylation sites (tertiary alicyclic amines) is 2. The van der Waals surface area contributed by atoms with Crippen LogP contribution in [0.25, 0.3) is 0 Å². The minimum absolute atomic E-state index is 0.890. The first-order valence-electron chi connectivity index (χ1n) is 10.0. The van der Waals surface area contributed by atoms with Crippen LogP contribution in [-0.4, -0.2) is 61.8 Å². The van der Waals surface area contributed by atoms with Gasteiger partial charge in [0, 0.05) is 5.92 Å². The Morgan fingerprint density at radius 3 is 1.95 bits per heavy atom. The average molecular weight is 313 g/mol. The molecule has 2 heteroatoms. The first-order chi connectivity index (χ1) is 10.4. The molecule has 0 amide bonds. The summed E-state index contributed by atoms with van der Waals surface area (Å²) in [7, 11) is 4.84. The minimum atomic E-state index is 0.890. The number of hydrogen-bond acceptors (Lipinski definition) is 0. The SMILES string of the molecule is CCC[N+]1(C)CC(C)CCC1C.CCC[N+]1(C)CCCCC1. The topological polar surface area (TPSA) is 0 Å². The summed E-state index contributed by atoms with van der Waals surface area (Å²) >= 11 is 0. The van der Waals surface area contributed by atoms with Crippen molar-refractivity contribution in [2.45, 2.75) is 78.7 Å². The highest BCUT2D eigenvalue weighted by Crippen LogP contribution is 2.27. The third-order valence-electron chi connectivity index (χ3n) is 6.26. The molecule has 0 N–H and O–H groups in total. The van der Waals surface area contributed by atoms with Gasteiger partial charge in [-0.15, -0.1) is 0 Å². The Balaban J connectivity index is 0.000000224. The molecule has 22 heavy (non-hydrogen) atoms. The van der Waals surface area contributed by atoms with Crippen LogP contribution in [0.15, 0.2) is 0 Å². The van der Waals surface area contributed by atoms with Gasteiger partial charge in [-0.3, -0.25) is 0 Å². The summed E-state index contributed by atoms with van der Waals surface area (Å²) in [5.74, 6) is 0.942. The van der Waals surface area contributed by atoms with Crippen molar-refractivity contribution >= 4 is 0 Å². The average Bonchev–Trinajstić information content (AvgIpc) is 2.45. The molecule has 3 atom stereocenters. The molecule has 3 unspecified atom stereocenters. The number of rotatable bonds is 4. The van der Waals surface area contributed by atoms with Gasteiger partial charge in [0.05, 0.1) is 52.9 Å². The van der Waals surface area contributed by atoms with E-state index >= 15 is 0 Å². The molecule has 132 valence electrons. The summed E-state index contributed by atoms with van der Waals surface area (Å²) in [4.78, 5) is 0. The molecular weight excluding hydrogens is 268 g/mol. The molecule has 2 aliphatic heterocycles. The zero-order chi connectivity index (χ0) is 16.6. The highest BCUT2D eigenvalue weighted by Gasteiger charge is 2.34. The van der Waals surface area contributed by atoms with E-state index in [9.17, 15) is 0 Å². The lowest BCUT2D eigenvalue weighted by atomic mass is 9.92. The molecule has 0 aromatic heterocycles. The molecule has 2 heterocycles. The van der Waals surface area contributed by atoms with Crippen LogP contribution < -0.4 is 0 Å². The van der Waals surface area contributed by atoms with Crippen LogP contribution in [0, 0.1) is 5.92 Å². The van der Waals surface area contributed by atoms with Gasteiger partial charge in [0.25, 0.3) is 0 Å². The summed E-state index contributed by atoms with van der Waals surface area (Å²) in [6.45, 7) is 16.4. The third-order valence-corrected chi connectivity index (χ3v) is 6.26. The van der Waals surface area contributed by atoms with Crippen molar-refractivity contribution in [2.24, 2.45) is 5.92 Å². The van der Waals surface area contributed by atoms with Gasteiger partial charge < -0.3 is 8.97 Å². The van der Waals surface area contributed by atoms with E-state index < -0.39 is 0 Å². The fraction of sp³-hybridized carbons (Fsp3) is 1.00. The van der Waals surface area contributed by atoms with Crippen molar-refractivity contribution in [2.75, 3.05) is 46.8 Å². The normalized spacial score (nSPS) is 34.6. The van der Waals surface area contributed by atoms with E-state index in [0.717, 1.165) is 12.0 Å². The standard InChI is InChI=1S/C11H24N.C9H20N/c1-5-8-12(4)9-10(2)6-7-11(12)3;1-3-7-10(2)8-5-4-6-9-10/h10-11H,5-9H2,1-4H3;3-9H2,1-2H3/q2*+1. The summed E-state index contributed by atoms with van der Waals surface area (Å²) in [6.07, 6.45) is 9.92.